The molecule has 0 bridgehead atoms. The molecule has 0 amide bonds. The van der Waals surface area contributed by atoms with Gasteiger partial charge in [-0.3, -0.25) is 4.98 Å². The molecule has 5 aromatic rings. The van der Waals surface area contributed by atoms with Crippen LogP contribution in [0, 0.1) is 0 Å². The van der Waals surface area contributed by atoms with E-state index in [1.807, 2.05) is 30.5 Å². The van der Waals surface area contributed by atoms with Crippen molar-refractivity contribution in [3.8, 4) is 22.0 Å². The van der Waals surface area contributed by atoms with Crippen molar-refractivity contribution in [2.24, 2.45) is 0 Å². The van der Waals surface area contributed by atoms with Gasteiger partial charge in [-0.2, -0.15) is 14.1 Å². The molecule has 9 nitrogen and oxygen atoms in total. The predicted octanol–water partition coefficient (Wildman–Crippen LogP) is 1.35. The van der Waals surface area contributed by atoms with Gasteiger partial charge < -0.3 is 0 Å². The van der Waals surface area contributed by atoms with Gasteiger partial charge in [0.25, 0.3) is 0 Å². The van der Waals surface area contributed by atoms with E-state index in [0.29, 0.717) is 11.5 Å². The zero-order valence-electron chi connectivity index (χ0n) is 11.5. The minimum atomic E-state index is 0.688. The van der Waals surface area contributed by atoms with Gasteiger partial charge in [0, 0.05) is 29.7 Å². The fourth-order valence-electron chi connectivity index (χ4n) is 2.28. The Balaban J connectivity index is 1.67. The van der Waals surface area contributed by atoms with E-state index in [9.17, 15) is 0 Å². The standard InChI is InChI=1S/C13H7N9S/c1-2-10-15-19-20-21(10)7-9(1)12-18-22-11(16-17-13(22)23-12)8-3-5-14-6-4-8/h1-7H. The Kier molecular flexibility index (Phi) is 2.46. The van der Waals surface area contributed by atoms with E-state index in [1.165, 1.54) is 11.3 Å². The maximum atomic E-state index is 4.62. The summed E-state index contributed by atoms with van der Waals surface area (Å²) in [5.74, 6) is 0.688. The second-order valence-electron chi connectivity index (χ2n) is 4.76. The lowest BCUT2D eigenvalue weighted by molar-refractivity contribution is 0.823. The summed E-state index contributed by atoms with van der Waals surface area (Å²) in [6.45, 7) is 0. The molecule has 0 saturated carbocycles. The molecule has 5 rings (SSSR count). The molecule has 0 aliphatic rings. The van der Waals surface area contributed by atoms with Gasteiger partial charge in [-0.15, -0.1) is 15.3 Å². The van der Waals surface area contributed by atoms with E-state index in [4.69, 9.17) is 0 Å². The Morgan fingerprint density at radius 3 is 2.74 bits per heavy atom. The van der Waals surface area contributed by atoms with Crippen LogP contribution in [0.4, 0.5) is 0 Å². The molecular formula is C13H7N9S. The predicted molar refractivity (Wildman–Crippen MR) is 81.7 cm³/mol. The van der Waals surface area contributed by atoms with Crippen LogP contribution in [0.5, 0.6) is 0 Å². The summed E-state index contributed by atoms with van der Waals surface area (Å²) in [6, 6.07) is 7.54. The number of aromatic nitrogens is 9. The molecule has 0 N–H and O–H groups in total. The summed E-state index contributed by atoms with van der Waals surface area (Å²) < 4.78 is 3.35. The van der Waals surface area contributed by atoms with Crippen molar-refractivity contribution in [3.05, 3.63) is 42.9 Å². The molecule has 110 valence electrons. The van der Waals surface area contributed by atoms with Crippen molar-refractivity contribution in [1.82, 2.24) is 44.8 Å². The van der Waals surface area contributed by atoms with Crippen LogP contribution in [0.25, 0.3) is 32.6 Å². The summed E-state index contributed by atoms with van der Waals surface area (Å²) in [6.07, 6.45) is 5.28. The molecule has 0 spiro atoms. The van der Waals surface area contributed by atoms with E-state index in [-0.39, 0.29) is 0 Å². The number of hydrogen-bond donors (Lipinski definition) is 0. The van der Waals surface area contributed by atoms with Crippen molar-refractivity contribution in [1.29, 1.82) is 0 Å². The van der Waals surface area contributed by atoms with Gasteiger partial charge in [-0.05, 0) is 34.7 Å². The molecule has 0 aliphatic heterocycles. The highest BCUT2D eigenvalue weighted by Crippen LogP contribution is 2.27. The SMILES string of the molecule is c1cc(-c2nnc3sc(-c4ccc5nnnn5c4)nn23)ccn1. The lowest BCUT2D eigenvalue weighted by atomic mass is 10.2. The van der Waals surface area contributed by atoms with Crippen LogP contribution in [0.2, 0.25) is 0 Å². The Morgan fingerprint density at radius 1 is 0.913 bits per heavy atom. The smallest absolute Gasteiger partial charge is 0.235 e. The number of tetrazole rings is 1. The van der Waals surface area contributed by atoms with Gasteiger partial charge in [0.2, 0.25) is 4.96 Å². The molecule has 0 radical (unpaired) electrons. The van der Waals surface area contributed by atoms with Gasteiger partial charge in [0.1, 0.15) is 5.01 Å². The molecule has 0 atom stereocenters. The average molecular weight is 321 g/mol. The molecule has 10 heteroatoms. The van der Waals surface area contributed by atoms with Crippen LogP contribution < -0.4 is 0 Å². The van der Waals surface area contributed by atoms with E-state index < -0.39 is 0 Å². The maximum absolute atomic E-state index is 4.62. The quantitative estimate of drug-likeness (QED) is 0.484. The molecule has 0 unspecified atom stereocenters. The molecule has 0 saturated heterocycles. The Morgan fingerprint density at radius 2 is 1.83 bits per heavy atom. The molecule has 5 heterocycles. The van der Waals surface area contributed by atoms with Crippen molar-refractivity contribution < 1.29 is 0 Å². The Bertz CT molecular complexity index is 1120. The Hall–Kier alpha value is -3.27. The fraction of sp³-hybridized carbons (Fsp3) is 0. The van der Waals surface area contributed by atoms with Crippen LogP contribution >= 0.6 is 11.3 Å². The monoisotopic (exact) mass is 321 g/mol. The van der Waals surface area contributed by atoms with E-state index in [2.05, 4.69) is 35.8 Å². The summed E-state index contributed by atoms with van der Waals surface area (Å²) in [4.78, 5) is 4.74. The van der Waals surface area contributed by atoms with E-state index in [1.54, 1.807) is 21.4 Å². The van der Waals surface area contributed by atoms with E-state index >= 15 is 0 Å². The molecule has 5 aromatic heterocycles. The van der Waals surface area contributed by atoms with Gasteiger partial charge in [0.15, 0.2) is 11.5 Å². The first-order valence-electron chi connectivity index (χ1n) is 6.69. The third-order valence-corrected chi connectivity index (χ3v) is 4.32. The molecule has 0 aliphatic carbocycles. The molecule has 0 aromatic carbocycles. The van der Waals surface area contributed by atoms with Crippen molar-refractivity contribution in [2.75, 3.05) is 0 Å². The summed E-state index contributed by atoms with van der Waals surface area (Å²) in [7, 11) is 0. The van der Waals surface area contributed by atoms with E-state index in [0.717, 1.165) is 21.1 Å². The summed E-state index contributed by atoms with van der Waals surface area (Å²) >= 11 is 1.46. The zero-order valence-corrected chi connectivity index (χ0v) is 12.3. The van der Waals surface area contributed by atoms with Crippen molar-refractivity contribution in [3.63, 3.8) is 0 Å². The number of nitrogens with zero attached hydrogens (tertiary/aromatic N) is 9. The van der Waals surface area contributed by atoms with Gasteiger partial charge >= 0.3 is 0 Å². The van der Waals surface area contributed by atoms with Gasteiger partial charge in [-0.25, -0.2) is 0 Å². The summed E-state index contributed by atoms with van der Waals surface area (Å²) in [5, 5.41) is 25.3. The Labute approximate surface area is 132 Å². The highest BCUT2D eigenvalue weighted by molar-refractivity contribution is 7.19. The first-order chi connectivity index (χ1) is 11.4. The van der Waals surface area contributed by atoms with Crippen LogP contribution in [0.15, 0.2) is 42.9 Å². The fourth-order valence-corrected chi connectivity index (χ4v) is 3.11. The summed E-state index contributed by atoms with van der Waals surface area (Å²) in [5.41, 5.74) is 2.52. The van der Waals surface area contributed by atoms with Gasteiger partial charge in [0.05, 0.1) is 0 Å². The van der Waals surface area contributed by atoms with Crippen molar-refractivity contribution >= 4 is 21.9 Å². The van der Waals surface area contributed by atoms with Crippen LogP contribution in [0.1, 0.15) is 0 Å². The molecule has 23 heavy (non-hydrogen) atoms. The number of pyridine rings is 2. The lowest BCUT2D eigenvalue weighted by Gasteiger charge is -1.96. The second-order valence-corrected chi connectivity index (χ2v) is 5.72. The first-order valence-corrected chi connectivity index (χ1v) is 7.51. The largest absolute Gasteiger partial charge is 0.265 e. The first kappa shape index (κ1) is 12.3. The van der Waals surface area contributed by atoms with Crippen molar-refractivity contribution in [2.45, 2.75) is 0 Å². The van der Waals surface area contributed by atoms with Crippen LogP contribution in [-0.2, 0) is 0 Å². The number of hydrogen-bond acceptors (Lipinski definition) is 8. The molecule has 0 fully saturated rings. The minimum Gasteiger partial charge on any atom is -0.265 e. The van der Waals surface area contributed by atoms with Crippen LogP contribution in [0.3, 0.4) is 0 Å². The number of rotatable bonds is 2. The second kappa shape index (κ2) is 4.61. The van der Waals surface area contributed by atoms with Crippen LogP contribution in [-0.4, -0.2) is 44.8 Å². The zero-order chi connectivity index (χ0) is 15.2. The third kappa shape index (κ3) is 1.89. The van der Waals surface area contributed by atoms with Gasteiger partial charge in [-0.1, -0.05) is 11.3 Å². The topological polar surface area (TPSA) is 99.0 Å². The maximum Gasteiger partial charge on any atom is 0.235 e. The molecular weight excluding hydrogens is 314 g/mol. The highest BCUT2D eigenvalue weighted by atomic mass is 32.1. The highest BCUT2D eigenvalue weighted by Gasteiger charge is 2.14. The number of fused-ring (bicyclic) bond motifs is 2. The minimum absolute atomic E-state index is 0.688. The lowest BCUT2D eigenvalue weighted by Crippen LogP contribution is -1.92. The normalized spacial score (nSPS) is 11.5. The third-order valence-electron chi connectivity index (χ3n) is 3.37. The average Bonchev–Trinajstić information content (AvgIpc) is 3.29.